The van der Waals surface area contributed by atoms with E-state index in [2.05, 4.69) is 4.98 Å². The first kappa shape index (κ1) is 12.1. The fourth-order valence-corrected chi connectivity index (χ4v) is 1.51. The Morgan fingerprint density at radius 3 is 2.53 bits per heavy atom. The van der Waals surface area contributed by atoms with E-state index >= 15 is 0 Å². The highest BCUT2D eigenvalue weighted by Crippen LogP contribution is 2.07. The van der Waals surface area contributed by atoms with Gasteiger partial charge in [-0.25, -0.2) is 0 Å². The van der Waals surface area contributed by atoms with Crippen LogP contribution in [-0.4, -0.2) is 46.4 Å². The van der Waals surface area contributed by atoms with E-state index in [0.717, 1.165) is 12.1 Å². The number of pyridine rings is 1. The summed E-state index contributed by atoms with van der Waals surface area (Å²) in [6.07, 6.45) is 4.10. The average molecular weight is 210 g/mol. The Morgan fingerprint density at radius 2 is 2.00 bits per heavy atom. The molecular weight excluding hydrogens is 192 g/mol. The summed E-state index contributed by atoms with van der Waals surface area (Å²) in [5, 5.41) is 18.0. The second-order valence-electron chi connectivity index (χ2n) is 3.62. The fraction of sp³-hybridized carbons (Fsp3) is 0.545. The van der Waals surface area contributed by atoms with E-state index in [1.54, 1.807) is 12.4 Å². The Balaban J connectivity index is 2.50. The van der Waals surface area contributed by atoms with Gasteiger partial charge >= 0.3 is 0 Å². The van der Waals surface area contributed by atoms with Gasteiger partial charge in [-0.2, -0.15) is 0 Å². The van der Waals surface area contributed by atoms with Gasteiger partial charge in [-0.1, -0.05) is 0 Å². The van der Waals surface area contributed by atoms with Crippen LogP contribution in [0, 0.1) is 0 Å². The lowest BCUT2D eigenvalue weighted by Gasteiger charge is -2.25. The molecule has 1 atom stereocenters. The van der Waals surface area contributed by atoms with Gasteiger partial charge in [0.1, 0.15) is 0 Å². The van der Waals surface area contributed by atoms with Crippen molar-refractivity contribution in [1.29, 1.82) is 0 Å². The largest absolute Gasteiger partial charge is 0.396 e. The number of aliphatic hydroxyl groups excluding tert-OH is 2. The van der Waals surface area contributed by atoms with Crippen molar-refractivity contribution in [3.8, 4) is 0 Å². The van der Waals surface area contributed by atoms with Crippen molar-refractivity contribution >= 4 is 0 Å². The second kappa shape index (κ2) is 6.50. The minimum atomic E-state index is 0.0168. The molecule has 0 saturated carbocycles. The first-order chi connectivity index (χ1) is 7.27. The van der Waals surface area contributed by atoms with Crippen LogP contribution >= 0.6 is 0 Å². The molecule has 0 fully saturated rings. The van der Waals surface area contributed by atoms with Crippen LogP contribution in [0.25, 0.3) is 0 Å². The molecule has 1 rings (SSSR count). The average Bonchev–Trinajstić information content (AvgIpc) is 2.27. The van der Waals surface area contributed by atoms with Gasteiger partial charge in [0, 0.05) is 31.6 Å². The summed E-state index contributed by atoms with van der Waals surface area (Å²) in [7, 11) is 1.94. The zero-order valence-electron chi connectivity index (χ0n) is 9.00. The molecule has 4 heteroatoms. The van der Waals surface area contributed by atoms with Gasteiger partial charge < -0.3 is 10.2 Å². The second-order valence-corrected chi connectivity index (χ2v) is 3.62. The molecule has 2 N–H and O–H groups in total. The lowest BCUT2D eigenvalue weighted by Crippen LogP contribution is -2.35. The molecule has 0 saturated heterocycles. The molecule has 4 nitrogen and oxygen atoms in total. The number of nitrogens with zero attached hydrogens (tertiary/aromatic N) is 2. The van der Waals surface area contributed by atoms with Crippen molar-refractivity contribution < 1.29 is 10.2 Å². The summed E-state index contributed by atoms with van der Waals surface area (Å²) >= 11 is 0. The summed E-state index contributed by atoms with van der Waals surface area (Å²) in [4.78, 5) is 5.98. The van der Waals surface area contributed by atoms with Crippen molar-refractivity contribution in [2.24, 2.45) is 0 Å². The topological polar surface area (TPSA) is 56.6 Å². The Hall–Kier alpha value is -0.970. The van der Waals surface area contributed by atoms with E-state index < -0.39 is 0 Å². The van der Waals surface area contributed by atoms with E-state index in [1.165, 1.54) is 0 Å². The molecular formula is C11H18N2O2. The molecule has 0 aliphatic rings. The van der Waals surface area contributed by atoms with Gasteiger partial charge in [0.05, 0.1) is 6.61 Å². The summed E-state index contributed by atoms with van der Waals surface area (Å²) < 4.78 is 0. The van der Waals surface area contributed by atoms with E-state index in [4.69, 9.17) is 10.2 Å². The third-order valence-corrected chi connectivity index (χ3v) is 2.48. The van der Waals surface area contributed by atoms with Crippen molar-refractivity contribution in [2.45, 2.75) is 19.0 Å². The number of hydrogen-bond donors (Lipinski definition) is 2. The lowest BCUT2D eigenvalue weighted by molar-refractivity contribution is 0.115. The number of aromatic nitrogens is 1. The molecule has 1 heterocycles. The molecule has 84 valence electrons. The maximum atomic E-state index is 9.14. The van der Waals surface area contributed by atoms with Gasteiger partial charge in [-0.05, 0) is 31.2 Å². The standard InChI is InChI=1S/C11H18N2O2/c1-13(11(9-15)4-7-14)8-10-2-5-12-6-3-10/h2-3,5-6,11,14-15H,4,7-9H2,1H3. The van der Waals surface area contributed by atoms with Crippen LogP contribution < -0.4 is 0 Å². The summed E-state index contributed by atoms with van der Waals surface area (Å²) in [6.45, 7) is 0.932. The molecule has 0 amide bonds. The third kappa shape index (κ3) is 3.95. The van der Waals surface area contributed by atoms with Gasteiger partial charge in [0.15, 0.2) is 0 Å². The molecule has 0 radical (unpaired) electrons. The third-order valence-electron chi connectivity index (χ3n) is 2.48. The highest BCUT2D eigenvalue weighted by molar-refractivity contribution is 5.09. The van der Waals surface area contributed by atoms with Gasteiger partial charge in [0.25, 0.3) is 0 Å². The molecule has 0 spiro atoms. The molecule has 0 bridgehead atoms. The quantitative estimate of drug-likeness (QED) is 0.707. The monoisotopic (exact) mass is 210 g/mol. The summed E-state index contributed by atoms with van der Waals surface area (Å²) in [5.74, 6) is 0. The van der Waals surface area contributed by atoms with Gasteiger partial charge in [0.2, 0.25) is 0 Å². The van der Waals surface area contributed by atoms with Crippen molar-refractivity contribution in [3.63, 3.8) is 0 Å². The lowest BCUT2D eigenvalue weighted by atomic mass is 10.1. The molecule has 0 aliphatic carbocycles. The maximum absolute atomic E-state index is 9.14. The van der Waals surface area contributed by atoms with Crippen LogP contribution in [0.2, 0.25) is 0 Å². The maximum Gasteiger partial charge on any atom is 0.0587 e. The van der Waals surface area contributed by atoms with E-state index in [9.17, 15) is 0 Å². The Bertz CT molecular complexity index is 267. The summed E-state index contributed by atoms with van der Waals surface area (Å²) in [6, 6.07) is 3.91. The van der Waals surface area contributed by atoms with Crippen molar-refractivity contribution in [3.05, 3.63) is 30.1 Å². The van der Waals surface area contributed by atoms with Crippen LogP contribution in [0.1, 0.15) is 12.0 Å². The SMILES string of the molecule is CN(Cc1ccncc1)C(CO)CCO. The number of rotatable bonds is 6. The minimum absolute atomic E-state index is 0.0168. The highest BCUT2D eigenvalue weighted by atomic mass is 16.3. The fourth-order valence-electron chi connectivity index (χ4n) is 1.51. The Morgan fingerprint density at radius 1 is 1.33 bits per heavy atom. The predicted octanol–water partition coefficient (Wildman–Crippen LogP) is 0.257. The highest BCUT2D eigenvalue weighted by Gasteiger charge is 2.12. The van der Waals surface area contributed by atoms with Crippen LogP contribution in [0.4, 0.5) is 0 Å². The van der Waals surface area contributed by atoms with Crippen LogP contribution in [0.5, 0.6) is 0 Å². The van der Waals surface area contributed by atoms with Crippen LogP contribution in [0.3, 0.4) is 0 Å². The smallest absolute Gasteiger partial charge is 0.0587 e. The van der Waals surface area contributed by atoms with Crippen LogP contribution in [0.15, 0.2) is 24.5 Å². The van der Waals surface area contributed by atoms with E-state index in [1.807, 2.05) is 24.1 Å². The number of aliphatic hydroxyl groups is 2. The normalized spacial score (nSPS) is 13.1. The number of hydrogen-bond acceptors (Lipinski definition) is 4. The van der Waals surface area contributed by atoms with Crippen molar-refractivity contribution in [2.75, 3.05) is 20.3 Å². The van der Waals surface area contributed by atoms with E-state index in [-0.39, 0.29) is 19.3 Å². The zero-order valence-corrected chi connectivity index (χ0v) is 9.00. The van der Waals surface area contributed by atoms with E-state index in [0.29, 0.717) is 6.42 Å². The molecule has 0 aromatic carbocycles. The Labute approximate surface area is 90.2 Å². The van der Waals surface area contributed by atoms with Gasteiger partial charge in [-0.15, -0.1) is 0 Å². The molecule has 1 aromatic rings. The molecule has 15 heavy (non-hydrogen) atoms. The molecule has 1 unspecified atom stereocenters. The molecule has 0 aliphatic heterocycles. The van der Waals surface area contributed by atoms with Crippen molar-refractivity contribution in [1.82, 2.24) is 9.88 Å². The van der Waals surface area contributed by atoms with Gasteiger partial charge in [-0.3, -0.25) is 9.88 Å². The molecule has 1 aromatic heterocycles. The summed E-state index contributed by atoms with van der Waals surface area (Å²) in [5.41, 5.74) is 1.16. The first-order valence-corrected chi connectivity index (χ1v) is 5.08. The predicted molar refractivity (Wildman–Crippen MR) is 58.3 cm³/mol. The Kier molecular flexibility index (Phi) is 5.25. The zero-order chi connectivity index (χ0) is 11.1. The minimum Gasteiger partial charge on any atom is -0.396 e. The first-order valence-electron chi connectivity index (χ1n) is 5.08. The number of likely N-dealkylation sites (N-methyl/N-ethyl adjacent to an activating group) is 1. The van der Waals surface area contributed by atoms with Crippen LogP contribution in [-0.2, 0) is 6.54 Å².